The van der Waals surface area contributed by atoms with Gasteiger partial charge in [0.15, 0.2) is 0 Å². The SMILES string of the molecule is Cc1ncc(C(=O)NCC#Cc2nn3c(NC45CCN(C)C[C@H]4C5)cccc3c2SC(F)(F)F)s1. The van der Waals surface area contributed by atoms with E-state index in [2.05, 4.69) is 44.5 Å². The molecule has 1 unspecified atom stereocenters. The Morgan fingerprint density at radius 2 is 2.23 bits per heavy atom. The zero-order valence-corrected chi connectivity index (χ0v) is 20.7. The highest BCUT2D eigenvalue weighted by molar-refractivity contribution is 8.00. The van der Waals surface area contributed by atoms with Gasteiger partial charge in [0.05, 0.1) is 28.2 Å². The van der Waals surface area contributed by atoms with E-state index in [9.17, 15) is 18.0 Å². The van der Waals surface area contributed by atoms with Crippen LogP contribution in [0.25, 0.3) is 5.52 Å². The molecule has 5 rings (SSSR count). The van der Waals surface area contributed by atoms with Crippen LogP contribution >= 0.6 is 23.1 Å². The lowest BCUT2D eigenvalue weighted by Gasteiger charge is -2.30. The number of hydrogen-bond donors (Lipinski definition) is 2. The molecule has 12 heteroatoms. The average molecular weight is 521 g/mol. The van der Waals surface area contributed by atoms with Gasteiger partial charge in [-0.25, -0.2) is 9.50 Å². The number of rotatable bonds is 5. The maximum atomic E-state index is 13.4. The summed E-state index contributed by atoms with van der Waals surface area (Å²) < 4.78 is 41.7. The third-order valence-electron chi connectivity index (χ3n) is 6.30. The number of nitrogens with zero attached hydrogens (tertiary/aromatic N) is 4. The summed E-state index contributed by atoms with van der Waals surface area (Å²) in [5, 5.41) is 11.4. The second-order valence-corrected chi connectivity index (χ2v) is 11.2. The summed E-state index contributed by atoms with van der Waals surface area (Å²) in [6.07, 6.45) is 3.48. The number of thiazole rings is 1. The zero-order chi connectivity index (χ0) is 24.8. The second kappa shape index (κ2) is 9.04. The largest absolute Gasteiger partial charge is 0.446 e. The Labute approximate surface area is 208 Å². The Kier molecular flexibility index (Phi) is 6.19. The Morgan fingerprint density at radius 3 is 2.94 bits per heavy atom. The molecule has 1 aliphatic heterocycles. The van der Waals surface area contributed by atoms with Crippen LogP contribution in [0.15, 0.2) is 29.3 Å². The van der Waals surface area contributed by atoms with E-state index in [-0.39, 0.29) is 40.3 Å². The van der Waals surface area contributed by atoms with Crippen molar-refractivity contribution in [1.82, 2.24) is 24.8 Å². The molecule has 184 valence electrons. The number of nitrogens with one attached hydrogen (secondary N) is 2. The molecule has 2 atom stereocenters. The Morgan fingerprint density at radius 1 is 1.40 bits per heavy atom. The lowest BCUT2D eigenvalue weighted by atomic mass is 10.1. The van der Waals surface area contributed by atoms with E-state index < -0.39 is 5.51 Å². The fourth-order valence-corrected chi connectivity index (χ4v) is 5.87. The average Bonchev–Trinajstić information content (AvgIpc) is 3.11. The van der Waals surface area contributed by atoms with Gasteiger partial charge in [0.2, 0.25) is 0 Å². The zero-order valence-electron chi connectivity index (χ0n) is 19.1. The Bertz CT molecular complexity index is 1340. The van der Waals surface area contributed by atoms with E-state index in [1.54, 1.807) is 19.1 Å². The first-order valence-corrected chi connectivity index (χ1v) is 12.7. The monoisotopic (exact) mass is 520 g/mol. The van der Waals surface area contributed by atoms with Crippen molar-refractivity contribution >= 4 is 40.3 Å². The van der Waals surface area contributed by atoms with Gasteiger partial charge >= 0.3 is 5.51 Å². The van der Waals surface area contributed by atoms with Crippen molar-refractivity contribution in [3.63, 3.8) is 0 Å². The quantitative estimate of drug-likeness (QED) is 0.392. The van der Waals surface area contributed by atoms with Crippen molar-refractivity contribution in [1.29, 1.82) is 0 Å². The number of anilines is 1. The molecule has 7 nitrogen and oxygen atoms in total. The molecule has 1 saturated carbocycles. The van der Waals surface area contributed by atoms with Gasteiger partial charge in [0, 0.05) is 18.6 Å². The normalized spacial score (nSPS) is 21.8. The van der Waals surface area contributed by atoms with Crippen LogP contribution in [0.2, 0.25) is 0 Å². The summed E-state index contributed by atoms with van der Waals surface area (Å²) in [6.45, 7) is 3.74. The molecule has 4 heterocycles. The van der Waals surface area contributed by atoms with Gasteiger partial charge in [0.1, 0.15) is 16.4 Å². The number of likely N-dealkylation sites (tertiary alicyclic amines) is 1. The minimum absolute atomic E-state index is 0.0246. The molecule has 3 aromatic heterocycles. The summed E-state index contributed by atoms with van der Waals surface area (Å²) >= 11 is 1.03. The molecule has 1 aliphatic carbocycles. The van der Waals surface area contributed by atoms with Crippen LogP contribution in [0.5, 0.6) is 0 Å². The van der Waals surface area contributed by atoms with Gasteiger partial charge in [-0.15, -0.1) is 11.3 Å². The summed E-state index contributed by atoms with van der Waals surface area (Å²) in [7, 11) is 2.10. The van der Waals surface area contributed by atoms with E-state index in [4.69, 9.17) is 0 Å². The van der Waals surface area contributed by atoms with Crippen molar-refractivity contribution < 1.29 is 18.0 Å². The Hall–Kier alpha value is -2.75. The number of carbonyl (C=O) groups is 1. The predicted octanol–water partition coefficient (Wildman–Crippen LogP) is 4.00. The number of aryl methyl sites for hydroxylation is 1. The molecule has 2 N–H and O–H groups in total. The van der Waals surface area contributed by atoms with Crippen LogP contribution in [-0.2, 0) is 0 Å². The van der Waals surface area contributed by atoms with Crippen molar-refractivity contribution in [2.45, 2.75) is 35.7 Å². The number of thioether (sulfide) groups is 1. The van der Waals surface area contributed by atoms with E-state index in [0.717, 1.165) is 30.9 Å². The maximum absolute atomic E-state index is 13.4. The van der Waals surface area contributed by atoms with Crippen LogP contribution in [0.1, 0.15) is 33.2 Å². The molecule has 0 spiro atoms. The number of amides is 1. The molecule has 3 aromatic rings. The number of pyridine rings is 1. The summed E-state index contributed by atoms with van der Waals surface area (Å²) in [5.41, 5.74) is -4.16. The highest BCUT2D eigenvalue weighted by atomic mass is 32.2. The van der Waals surface area contributed by atoms with Gasteiger partial charge in [-0.3, -0.25) is 4.79 Å². The highest BCUT2D eigenvalue weighted by Crippen LogP contribution is 2.51. The minimum Gasteiger partial charge on any atom is -0.364 e. The number of aromatic nitrogens is 3. The summed E-state index contributed by atoms with van der Waals surface area (Å²) in [5.74, 6) is 6.31. The smallest absolute Gasteiger partial charge is 0.364 e. The van der Waals surface area contributed by atoms with Crippen LogP contribution in [0.4, 0.5) is 19.0 Å². The number of fused-ring (bicyclic) bond motifs is 2. The third kappa shape index (κ3) is 5.12. The van der Waals surface area contributed by atoms with Crippen LogP contribution in [-0.4, -0.2) is 63.1 Å². The highest BCUT2D eigenvalue weighted by Gasteiger charge is 2.56. The summed E-state index contributed by atoms with van der Waals surface area (Å²) in [6, 6.07) is 5.18. The van der Waals surface area contributed by atoms with Crippen molar-refractivity contribution in [2.75, 3.05) is 32.0 Å². The van der Waals surface area contributed by atoms with Gasteiger partial charge in [-0.2, -0.15) is 18.3 Å². The minimum atomic E-state index is -4.49. The number of alkyl halides is 3. The van der Waals surface area contributed by atoms with Crippen LogP contribution in [0, 0.1) is 24.7 Å². The van der Waals surface area contributed by atoms with E-state index in [0.29, 0.717) is 22.1 Å². The fourth-order valence-electron chi connectivity index (χ4n) is 4.50. The van der Waals surface area contributed by atoms with Crippen molar-refractivity contribution in [2.24, 2.45) is 5.92 Å². The third-order valence-corrected chi connectivity index (χ3v) is 8.05. The maximum Gasteiger partial charge on any atom is 0.446 e. The molecule has 0 bridgehead atoms. The first-order chi connectivity index (χ1) is 16.6. The fraction of sp³-hybridized carbons (Fsp3) is 0.435. The molecule has 1 amide bonds. The number of carbonyl (C=O) groups excluding carboxylic acids is 1. The lowest BCUT2D eigenvalue weighted by molar-refractivity contribution is -0.0327. The second-order valence-electron chi connectivity index (χ2n) is 8.86. The van der Waals surface area contributed by atoms with Crippen LogP contribution in [0.3, 0.4) is 0 Å². The van der Waals surface area contributed by atoms with E-state index >= 15 is 0 Å². The molecule has 0 radical (unpaired) electrons. The summed E-state index contributed by atoms with van der Waals surface area (Å²) in [4.78, 5) is 18.9. The van der Waals surface area contributed by atoms with Crippen LogP contribution < -0.4 is 10.6 Å². The number of piperidine rings is 1. The molecule has 1 saturated heterocycles. The first kappa shape index (κ1) is 24.0. The Balaban J connectivity index is 1.40. The van der Waals surface area contributed by atoms with Crippen molar-refractivity contribution in [3.8, 4) is 11.8 Å². The van der Waals surface area contributed by atoms with Gasteiger partial charge < -0.3 is 15.5 Å². The van der Waals surface area contributed by atoms with Gasteiger partial charge in [0.25, 0.3) is 5.91 Å². The van der Waals surface area contributed by atoms with Gasteiger partial charge in [-0.05, 0) is 62.5 Å². The predicted molar refractivity (Wildman–Crippen MR) is 130 cm³/mol. The first-order valence-electron chi connectivity index (χ1n) is 11.1. The van der Waals surface area contributed by atoms with E-state index in [1.165, 1.54) is 22.0 Å². The molecular formula is C23H23F3N6OS2. The van der Waals surface area contributed by atoms with E-state index in [1.807, 2.05) is 6.07 Å². The lowest BCUT2D eigenvalue weighted by Crippen LogP contribution is -2.39. The number of halogens is 3. The topological polar surface area (TPSA) is 74.6 Å². The molecule has 0 aromatic carbocycles. The molecule has 35 heavy (non-hydrogen) atoms. The standard InChI is InChI=1S/C23H23F3N6OS2/c1-14-28-12-18(34-14)21(33)27-9-4-5-16-20(35-23(24,25)26)17-6-3-7-19(32(17)30-16)29-22-8-10-31(2)13-15(22)11-22/h3,6-7,12,15,29H,8-11,13H2,1-2H3,(H,27,33)/t15-,22?/m1/s1. The molecular weight excluding hydrogens is 497 g/mol. The van der Waals surface area contributed by atoms with Crippen molar-refractivity contribution in [3.05, 3.63) is 40.0 Å². The molecule has 2 aliphatic rings. The van der Waals surface area contributed by atoms with Gasteiger partial charge in [-0.1, -0.05) is 12.0 Å². The molecule has 2 fully saturated rings. The number of hydrogen-bond acceptors (Lipinski definition) is 7.